The first kappa shape index (κ1) is 14.9. The highest BCUT2D eigenvalue weighted by molar-refractivity contribution is 5.30. The zero-order valence-electron chi connectivity index (χ0n) is 13.3. The number of anilines is 1. The lowest BCUT2D eigenvalue weighted by atomic mass is 10.2. The maximum Gasteiger partial charge on any atom is 0.203 e. The van der Waals surface area contributed by atoms with Crippen LogP contribution in [-0.4, -0.2) is 53.3 Å². The summed E-state index contributed by atoms with van der Waals surface area (Å²) in [5, 5.41) is 3.48. The molecule has 2 heterocycles. The number of aromatic nitrogens is 2. The Morgan fingerprint density at radius 3 is 2.95 bits per heavy atom. The zero-order valence-corrected chi connectivity index (χ0v) is 13.3. The van der Waals surface area contributed by atoms with Gasteiger partial charge in [-0.25, -0.2) is 4.98 Å². The van der Waals surface area contributed by atoms with E-state index in [0.717, 1.165) is 43.9 Å². The molecular formula is C16H28N4O. The van der Waals surface area contributed by atoms with Crippen LogP contribution in [0.25, 0.3) is 0 Å². The summed E-state index contributed by atoms with van der Waals surface area (Å²) in [6, 6.07) is 1.46. The SMILES string of the molecule is CCOCCCNc1nc(C)cn1C1CCN(C2CC2)C1. The van der Waals surface area contributed by atoms with Crippen molar-refractivity contribution in [1.29, 1.82) is 0 Å². The van der Waals surface area contributed by atoms with Gasteiger partial charge in [-0.2, -0.15) is 0 Å². The molecule has 1 aromatic rings. The highest BCUT2D eigenvalue weighted by Gasteiger charge is 2.35. The highest BCUT2D eigenvalue weighted by atomic mass is 16.5. The van der Waals surface area contributed by atoms with Gasteiger partial charge in [-0.3, -0.25) is 4.90 Å². The predicted octanol–water partition coefficient (Wildman–Crippen LogP) is 2.44. The second-order valence-corrected chi connectivity index (χ2v) is 6.26. The van der Waals surface area contributed by atoms with Crippen LogP contribution in [0.5, 0.6) is 0 Å². The molecule has 5 nitrogen and oxygen atoms in total. The molecular weight excluding hydrogens is 264 g/mol. The van der Waals surface area contributed by atoms with E-state index in [1.165, 1.54) is 32.4 Å². The fraction of sp³-hybridized carbons (Fsp3) is 0.812. The number of aryl methyl sites for hydroxylation is 1. The number of ether oxygens (including phenoxy) is 1. The third kappa shape index (κ3) is 3.77. The van der Waals surface area contributed by atoms with Gasteiger partial charge >= 0.3 is 0 Å². The van der Waals surface area contributed by atoms with E-state index in [9.17, 15) is 0 Å². The Morgan fingerprint density at radius 2 is 2.19 bits per heavy atom. The average molecular weight is 292 g/mol. The van der Waals surface area contributed by atoms with Gasteiger partial charge in [-0.05, 0) is 39.5 Å². The lowest BCUT2D eigenvalue weighted by Crippen LogP contribution is -2.24. The van der Waals surface area contributed by atoms with Crippen LogP contribution in [0.1, 0.15) is 44.3 Å². The van der Waals surface area contributed by atoms with Crippen LogP contribution in [0.3, 0.4) is 0 Å². The van der Waals surface area contributed by atoms with Gasteiger partial charge in [0.15, 0.2) is 0 Å². The molecule has 21 heavy (non-hydrogen) atoms. The molecule has 1 unspecified atom stereocenters. The number of likely N-dealkylation sites (tertiary alicyclic amines) is 1. The normalized spacial score (nSPS) is 22.9. The fourth-order valence-corrected chi connectivity index (χ4v) is 3.21. The van der Waals surface area contributed by atoms with E-state index in [1.54, 1.807) is 0 Å². The van der Waals surface area contributed by atoms with Crippen molar-refractivity contribution in [2.75, 3.05) is 38.2 Å². The van der Waals surface area contributed by atoms with Crippen molar-refractivity contribution in [1.82, 2.24) is 14.5 Å². The lowest BCUT2D eigenvalue weighted by molar-refractivity contribution is 0.147. The first-order valence-corrected chi connectivity index (χ1v) is 8.39. The summed E-state index contributed by atoms with van der Waals surface area (Å²) in [4.78, 5) is 7.30. The van der Waals surface area contributed by atoms with E-state index in [1.807, 2.05) is 6.92 Å². The molecule has 1 saturated carbocycles. The van der Waals surface area contributed by atoms with E-state index < -0.39 is 0 Å². The number of hydrogen-bond donors (Lipinski definition) is 1. The molecule has 0 amide bonds. The van der Waals surface area contributed by atoms with Gasteiger partial charge in [0, 0.05) is 45.1 Å². The molecule has 1 aromatic heterocycles. The second-order valence-electron chi connectivity index (χ2n) is 6.26. The first-order chi connectivity index (χ1) is 10.3. The minimum Gasteiger partial charge on any atom is -0.382 e. The molecule has 0 aromatic carbocycles. The number of rotatable bonds is 8. The quantitative estimate of drug-likeness (QED) is 0.747. The maximum absolute atomic E-state index is 5.38. The molecule has 1 saturated heterocycles. The van der Waals surface area contributed by atoms with Gasteiger partial charge in [0.2, 0.25) is 5.95 Å². The summed E-state index contributed by atoms with van der Waals surface area (Å²) < 4.78 is 7.74. The maximum atomic E-state index is 5.38. The second kappa shape index (κ2) is 6.79. The van der Waals surface area contributed by atoms with Gasteiger partial charge in [0.05, 0.1) is 11.7 Å². The molecule has 1 N–H and O–H groups in total. The third-order valence-corrected chi connectivity index (χ3v) is 4.46. The summed E-state index contributed by atoms with van der Waals surface area (Å²) >= 11 is 0. The van der Waals surface area contributed by atoms with E-state index >= 15 is 0 Å². The molecule has 1 aliphatic carbocycles. The molecule has 0 bridgehead atoms. The van der Waals surface area contributed by atoms with Crippen molar-refractivity contribution < 1.29 is 4.74 Å². The Kier molecular flexibility index (Phi) is 4.80. The topological polar surface area (TPSA) is 42.3 Å². The third-order valence-electron chi connectivity index (χ3n) is 4.46. The predicted molar refractivity (Wildman–Crippen MR) is 84.8 cm³/mol. The Morgan fingerprint density at radius 1 is 1.33 bits per heavy atom. The molecule has 1 atom stereocenters. The number of nitrogens with zero attached hydrogens (tertiary/aromatic N) is 3. The molecule has 3 rings (SSSR count). The zero-order chi connectivity index (χ0) is 14.7. The molecule has 5 heteroatoms. The lowest BCUT2D eigenvalue weighted by Gasteiger charge is -2.18. The van der Waals surface area contributed by atoms with Gasteiger partial charge in [-0.1, -0.05) is 0 Å². The van der Waals surface area contributed by atoms with Crippen LogP contribution in [0.15, 0.2) is 6.20 Å². The van der Waals surface area contributed by atoms with Crippen molar-refractivity contribution in [2.45, 2.75) is 51.6 Å². The van der Waals surface area contributed by atoms with Crippen LogP contribution in [-0.2, 0) is 4.74 Å². The van der Waals surface area contributed by atoms with Crippen LogP contribution in [0.2, 0.25) is 0 Å². The Hall–Kier alpha value is -1.07. The molecule has 1 aliphatic heterocycles. The summed E-state index contributed by atoms with van der Waals surface area (Å²) in [6.45, 7) is 9.10. The summed E-state index contributed by atoms with van der Waals surface area (Å²) in [5.41, 5.74) is 1.10. The number of nitrogens with one attached hydrogen (secondary N) is 1. The molecule has 0 spiro atoms. The summed E-state index contributed by atoms with van der Waals surface area (Å²) in [5.74, 6) is 1.03. The van der Waals surface area contributed by atoms with E-state index in [2.05, 4.69) is 32.9 Å². The molecule has 118 valence electrons. The van der Waals surface area contributed by atoms with E-state index in [-0.39, 0.29) is 0 Å². The highest BCUT2D eigenvalue weighted by Crippen LogP contribution is 2.34. The minimum atomic E-state index is 0.584. The van der Waals surface area contributed by atoms with Crippen molar-refractivity contribution in [3.63, 3.8) is 0 Å². The van der Waals surface area contributed by atoms with Gasteiger partial charge in [0.25, 0.3) is 0 Å². The van der Waals surface area contributed by atoms with Gasteiger partial charge in [0.1, 0.15) is 0 Å². The van der Waals surface area contributed by atoms with Crippen molar-refractivity contribution in [3.8, 4) is 0 Å². The molecule has 2 aliphatic rings. The Balaban J connectivity index is 1.54. The van der Waals surface area contributed by atoms with Crippen molar-refractivity contribution >= 4 is 5.95 Å². The smallest absolute Gasteiger partial charge is 0.203 e. The van der Waals surface area contributed by atoms with Crippen LogP contribution >= 0.6 is 0 Å². The van der Waals surface area contributed by atoms with Crippen LogP contribution in [0, 0.1) is 6.92 Å². The first-order valence-electron chi connectivity index (χ1n) is 8.39. The minimum absolute atomic E-state index is 0.584. The molecule has 0 radical (unpaired) electrons. The van der Waals surface area contributed by atoms with Crippen LogP contribution in [0.4, 0.5) is 5.95 Å². The van der Waals surface area contributed by atoms with Gasteiger partial charge < -0.3 is 14.6 Å². The summed E-state index contributed by atoms with van der Waals surface area (Å²) in [6.07, 6.45) is 7.28. The Bertz CT molecular complexity index is 455. The fourth-order valence-electron chi connectivity index (χ4n) is 3.21. The van der Waals surface area contributed by atoms with Gasteiger partial charge in [-0.15, -0.1) is 0 Å². The monoisotopic (exact) mass is 292 g/mol. The van der Waals surface area contributed by atoms with E-state index in [4.69, 9.17) is 4.74 Å². The molecule has 2 fully saturated rings. The summed E-state index contributed by atoms with van der Waals surface area (Å²) in [7, 11) is 0. The van der Waals surface area contributed by atoms with Crippen LogP contribution < -0.4 is 5.32 Å². The Labute approximate surface area is 127 Å². The standard InChI is InChI=1S/C16H28N4O/c1-3-21-10-4-8-17-16-18-13(2)11-20(16)15-7-9-19(12-15)14-5-6-14/h11,14-15H,3-10,12H2,1-2H3,(H,17,18). The number of hydrogen-bond acceptors (Lipinski definition) is 4. The van der Waals surface area contributed by atoms with E-state index in [0.29, 0.717) is 6.04 Å². The van der Waals surface area contributed by atoms with Crippen molar-refractivity contribution in [3.05, 3.63) is 11.9 Å². The average Bonchev–Trinajstić information content (AvgIpc) is 3.09. The largest absolute Gasteiger partial charge is 0.382 e. The number of imidazole rings is 1. The van der Waals surface area contributed by atoms with Crippen molar-refractivity contribution in [2.24, 2.45) is 0 Å².